The van der Waals surface area contributed by atoms with Crippen LogP contribution in [0.4, 0.5) is 5.00 Å². The van der Waals surface area contributed by atoms with Crippen LogP contribution in [0.5, 0.6) is 0 Å². The lowest BCUT2D eigenvalue weighted by molar-refractivity contribution is 0.0493. The molecule has 0 bridgehead atoms. The minimum Gasteiger partial charge on any atom is -0.464 e. The van der Waals surface area contributed by atoms with Gasteiger partial charge in [-0.3, -0.25) is 0 Å². The molecule has 1 aliphatic carbocycles. The van der Waals surface area contributed by atoms with Gasteiger partial charge in [-0.1, -0.05) is 59.9 Å². The number of aromatic nitrogens is 1. The summed E-state index contributed by atoms with van der Waals surface area (Å²) in [6.45, 7) is 0.180. The van der Waals surface area contributed by atoms with Crippen LogP contribution in [0.2, 0.25) is 0 Å². The first-order valence-electron chi connectivity index (χ1n) is 8.30. The van der Waals surface area contributed by atoms with Gasteiger partial charge < -0.3 is 15.2 Å². The summed E-state index contributed by atoms with van der Waals surface area (Å²) < 4.78 is 10.1. The highest BCUT2D eigenvalue weighted by molar-refractivity contribution is 7.17. The molecule has 4 rings (SSSR count). The summed E-state index contributed by atoms with van der Waals surface area (Å²) in [6, 6.07) is 16.2. The lowest BCUT2D eigenvalue weighted by atomic mass is 9.98. The maximum Gasteiger partial charge on any atom is 0.367 e. The number of nitrogen functional groups attached to an aromatic ring is 1. The van der Waals surface area contributed by atoms with E-state index >= 15 is 0 Å². The Morgan fingerprint density at radius 1 is 1.04 bits per heavy atom. The zero-order chi connectivity index (χ0) is 19.0. The van der Waals surface area contributed by atoms with Crippen LogP contribution in [0.25, 0.3) is 11.1 Å². The minimum atomic E-state index is -0.679. The van der Waals surface area contributed by atoms with Gasteiger partial charge in [0.15, 0.2) is 5.69 Å². The molecule has 0 atom stereocenters. The normalized spacial score (nSPS) is 12.3. The van der Waals surface area contributed by atoms with E-state index < -0.39 is 11.9 Å². The Bertz CT molecular complexity index is 998. The van der Waals surface area contributed by atoms with E-state index in [9.17, 15) is 9.59 Å². The second-order valence-corrected chi connectivity index (χ2v) is 7.08. The van der Waals surface area contributed by atoms with E-state index in [1.807, 2.05) is 36.4 Å². The number of carbonyl (C=O) groups is 2. The fourth-order valence-corrected chi connectivity index (χ4v) is 4.04. The Balaban J connectivity index is 1.56. The number of nitrogens with two attached hydrogens (primary N) is 1. The van der Waals surface area contributed by atoms with Crippen LogP contribution in [0, 0.1) is 0 Å². The van der Waals surface area contributed by atoms with Gasteiger partial charge in [-0.15, -0.1) is 0 Å². The number of thiazole rings is 1. The molecule has 1 heterocycles. The largest absolute Gasteiger partial charge is 0.464 e. The first-order chi connectivity index (χ1) is 13.1. The summed E-state index contributed by atoms with van der Waals surface area (Å²) in [4.78, 5) is 28.0. The van der Waals surface area contributed by atoms with E-state index in [1.54, 1.807) is 0 Å². The summed E-state index contributed by atoms with van der Waals surface area (Å²) in [5, 5.41) is 0.165. The Kier molecular flexibility index (Phi) is 4.37. The quantitative estimate of drug-likeness (QED) is 0.697. The van der Waals surface area contributed by atoms with Crippen LogP contribution < -0.4 is 5.73 Å². The molecule has 27 heavy (non-hydrogen) atoms. The molecule has 0 spiro atoms. The van der Waals surface area contributed by atoms with Crippen molar-refractivity contribution in [1.82, 2.24) is 4.98 Å². The summed E-state index contributed by atoms with van der Waals surface area (Å²) in [5.41, 5.74) is 10.2. The Morgan fingerprint density at radius 2 is 1.63 bits per heavy atom. The molecule has 7 heteroatoms. The first-order valence-corrected chi connectivity index (χ1v) is 9.11. The second kappa shape index (κ2) is 6.85. The van der Waals surface area contributed by atoms with Crippen molar-refractivity contribution in [3.05, 3.63) is 70.4 Å². The Morgan fingerprint density at radius 3 is 2.22 bits per heavy atom. The van der Waals surface area contributed by atoms with E-state index in [0.29, 0.717) is 0 Å². The molecule has 136 valence electrons. The number of esters is 2. The predicted molar refractivity (Wildman–Crippen MR) is 102 cm³/mol. The monoisotopic (exact) mass is 380 g/mol. The van der Waals surface area contributed by atoms with Crippen molar-refractivity contribution in [1.29, 1.82) is 0 Å². The van der Waals surface area contributed by atoms with Crippen molar-refractivity contribution in [2.75, 3.05) is 19.5 Å². The smallest absolute Gasteiger partial charge is 0.367 e. The first kappa shape index (κ1) is 17.2. The molecule has 0 fully saturated rings. The standard InChI is InChI=1S/C20H16N2O4S/c1-25-19(23)16-17(21)27-18(22-16)20(24)26-10-15-13-8-4-2-6-11(13)12-7-3-5-9-14(12)15/h2-9,15H,10,21H2,1H3. The molecule has 0 radical (unpaired) electrons. The number of hydrogen-bond donors (Lipinski definition) is 1. The van der Waals surface area contributed by atoms with Crippen molar-refractivity contribution in [3.8, 4) is 11.1 Å². The summed E-state index contributed by atoms with van der Waals surface area (Å²) in [5.74, 6) is -1.33. The average Bonchev–Trinajstić information content (AvgIpc) is 3.24. The SMILES string of the molecule is COC(=O)c1nc(C(=O)OCC2c3ccccc3-c3ccccc32)sc1N. The average molecular weight is 380 g/mol. The van der Waals surface area contributed by atoms with Crippen molar-refractivity contribution in [3.63, 3.8) is 0 Å². The number of carbonyl (C=O) groups excluding carboxylic acids is 2. The highest BCUT2D eigenvalue weighted by Crippen LogP contribution is 2.44. The topological polar surface area (TPSA) is 91.5 Å². The number of fused-ring (bicyclic) bond motifs is 3. The Hall–Kier alpha value is -3.19. The lowest BCUT2D eigenvalue weighted by Gasteiger charge is -2.13. The van der Waals surface area contributed by atoms with Gasteiger partial charge in [0.2, 0.25) is 5.01 Å². The molecule has 0 amide bonds. The van der Waals surface area contributed by atoms with Gasteiger partial charge in [-0.2, -0.15) is 0 Å². The van der Waals surface area contributed by atoms with E-state index in [4.69, 9.17) is 10.5 Å². The van der Waals surface area contributed by atoms with Gasteiger partial charge in [0.25, 0.3) is 0 Å². The Labute approximate surface area is 159 Å². The van der Waals surface area contributed by atoms with Gasteiger partial charge in [-0.05, 0) is 22.3 Å². The summed E-state index contributed by atoms with van der Waals surface area (Å²) in [6.07, 6.45) is 0. The molecule has 6 nitrogen and oxygen atoms in total. The molecular formula is C20H16N2O4S. The molecule has 0 saturated heterocycles. The van der Waals surface area contributed by atoms with Crippen LogP contribution in [-0.2, 0) is 9.47 Å². The third-order valence-electron chi connectivity index (χ3n) is 4.55. The van der Waals surface area contributed by atoms with Crippen molar-refractivity contribution in [2.45, 2.75) is 5.92 Å². The molecule has 2 aromatic carbocycles. The van der Waals surface area contributed by atoms with Crippen molar-refractivity contribution in [2.24, 2.45) is 0 Å². The zero-order valence-corrected chi connectivity index (χ0v) is 15.3. The minimum absolute atomic E-state index is 0.0347. The van der Waals surface area contributed by atoms with Crippen LogP contribution in [0.3, 0.4) is 0 Å². The summed E-state index contributed by atoms with van der Waals surface area (Å²) >= 11 is 0.911. The second-order valence-electron chi connectivity index (χ2n) is 6.05. The van der Waals surface area contributed by atoms with Crippen LogP contribution >= 0.6 is 11.3 Å². The molecule has 1 aromatic heterocycles. The number of hydrogen-bond acceptors (Lipinski definition) is 7. The van der Waals surface area contributed by atoms with Crippen LogP contribution in [0.15, 0.2) is 48.5 Å². The van der Waals surface area contributed by atoms with Crippen LogP contribution in [0.1, 0.15) is 37.3 Å². The van der Waals surface area contributed by atoms with Gasteiger partial charge >= 0.3 is 11.9 Å². The maximum atomic E-state index is 12.4. The van der Waals surface area contributed by atoms with Gasteiger partial charge in [0.1, 0.15) is 11.6 Å². The lowest BCUT2D eigenvalue weighted by Crippen LogP contribution is -2.13. The number of ether oxygens (including phenoxy) is 2. The zero-order valence-electron chi connectivity index (χ0n) is 14.5. The highest BCUT2D eigenvalue weighted by Gasteiger charge is 2.30. The molecule has 0 unspecified atom stereocenters. The number of methoxy groups -OCH3 is 1. The molecule has 0 aliphatic heterocycles. The third-order valence-corrected chi connectivity index (χ3v) is 5.41. The molecule has 2 N–H and O–H groups in total. The van der Waals surface area contributed by atoms with Crippen molar-refractivity contribution >= 4 is 28.3 Å². The third kappa shape index (κ3) is 2.96. The fourth-order valence-electron chi connectivity index (χ4n) is 3.32. The van der Waals surface area contributed by atoms with Gasteiger partial charge in [-0.25, -0.2) is 14.6 Å². The molecule has 1 aliphatic rings. The number of anilines is 1. The predicted octanol–water partition coefficient (Wildman–Crippen LogP) is 3.48. The van der Waals surface area contributed by atoms with Crippen molar-refractivity contribution < 1.29 is 19.1 Å². The highest BCUT2D eigenvalue weighted by atomic mass is 32.1. The van der Waals surface area contributed by atoms with Crippen LogP contribution in [-0.4, -0.2) is 30.6 Å². The molecular weight excluding hydrogens is 364 g/mol. The van der Waals surface area contributed by atoms with E-state index in [-0.39, 0.29) is 28.2 Å². The number of nitrogens with zero attached hydrogens (tertiary/aromatic N) is 1. The fraction of sp³-hybridized carbons (Fsp3) is 0.150. The van der Waals surface area contributed by atoms with Gasteiger partial charge in [0.05, 0.1) is 7.11 Å². The summed E-state index contributed by atoms with van der Waals surface area (Å²) in [7, 11) is 1.23. The number of rotatable bonds is 4. The maximum absolute atomic E-state index is 12.4. The van der Waals surface area contributed by atoms with E-state index in [0.717, 1.165) is 33.6 Å². The molecule has 0 saturated carbocycles. The molecule has 3 aromatic rings. The van der Waals surface area contributed by atoms with E-state index in [1.165, 1.54) is 7.11 Å². The van der Waals surface area contributed by atoms with E-state index in [2.05, 4.69) is 21.9 Å². The number of benzene rings is 2. The van der Waals surface area contributed by atoms with Gasteiger partial charge in [0, 0.05) is 5.92 Å².